The van der Waals surface area contributed by atoms with Crippen molar-refractivity contribution in [3.63, 3.8) is 0 Å². The zero-order valence-electron chi connectivity index (χ0n) is 18.7. The first-order valence-electron chi connectivity index (χ1n) is 10.6. The molecule has 2 aliphatic heterocycles. The number of ether oxygens (including phenoxy) is 1. The maximum absolute atomic E-state index is 13.4. The first-order chi connectivity index (χ1) is 15.8. The number of anilines is 1. The molecule has 2 fully saturated rings. The molecule has 2 aromatic rings. The van der Waals surface area contributed by atoms with Gasteiger partial charge in [-0.25, -0.2) is 0 Å². The molecule has 170 valence electrons. The number of carbonyl (C=O) groups is 1. The van der Waals surface area contributed by atoms with Crippen molar-refractivity contribution in [1.29, 1.82) is 5.26 Å². The van der Waals surface area contributed by atoms with Gasteiger partial charge in [0, 0.05) is 25.7 Å². The van der Waals surface area contributed by atoms with Crippen molar-refractivity contribution < 1.29 is 9.53 Å². The minimum atomic E-state index is -0.348. The molecule has 2 saturated heterocycles. The number of carbonyl (C=O) groups excluding carboxylic acids is 1. The molecule has 1 aromatic carbocycles. The van der Waals surface area contributed by atoms with Crippen LogP contribution in [0.1, 0.15) is 35.2 Å². The van der Waals surface area contributed by atoms with Crippen LogP contribution in [0.2, 0.25) is 0 Å². The Morgan fingerprint density at radius 2 is 1.88 bits per heavy atom. The largest absolute Gasteiger partial charge is 0.378 e. The van der Waals surface area contributed by atoms with E-state index in [0.717, 1.165) is 5.56 Å². The molecule has 4 rings (SSSR count). The number of rotatable bonds is 4. The Hall–Kier alpha value is -2.93. The van der Waals surface area contributed by atoms with Crippen molar-refractivity contribution in [3.8, 4) is 6.07 Å². The molecule has 7 nitrogen and oxygen atoms in total. The SMILES string of the molecule is Cc1c(C=C2SC(=S)N(C(C)c3ccccc3)C2=O)c(N2CCOCC2)n(C)c(=O)c1C#N. The second-order valence-electron chi connectivity index (χ2n) is 7.95. The highest BCUT2D eigenvalue weighted by atomic mass is 32.2. The molecule has 2 aliphatic rings. The van der Waals surface area contributed by atoms with Crippen LogP contribution in [0.3, 0.4) is 0 Å². The number of benzene rings is 1. The van der Waals surface area contributed by atoms with E-state index in [2.05, 4.69) is 4.90 Å². The van der Waals surface area contributed by atoms with Gasteiger partial charge in [-0.15, -0.1) is 0 Å². The van der Waals surface area contributed by atoms with Gasteiger partial charge in [-0.3, -0.25) is 19.1 Å². The summed E-state index contributed by atoms with van der Waals surface area (Å²) in [6.45, 7) is 6.03. The Labute approximate surface area is 202 Å². The van der Waals surface area contributed by atoms with E-state index in [1.165, 1.54) is 16.3 Å². The van der Waals surface area contributed by atoms with E-state index in [1.807, 2.05) is 43.3 Å². The van der Waals surface area contributed by atoms with Gasteiger partial charge in [0.1, 0.15) is 21.8 Å². The molecule has 0 saturated carbocycles. The average Bonchev–Trinajstić information content (AvgIpc) is 3.11. The number of hydrogen-bond donors (Lipinski definition) is 0. The van der Waals surface area contributed by atoms with E-state index in [-0.39, 0.29) is 23.1 Å². The Bertz CT molecular complexity index is 1240. The molecule has 0 N–H and O–H groups in total. The third-order valence-electron chi connectivity index (χ3n) is 6.05. The van der Waals surface area contributed by atoms with E-state index in [0.29, 0.717) is 52.5 Å². The van der Waals surface area contributed by atoms with Crippen LogP contribution in [0.15, 0.2) is 40.0 Å². The van der Waals surface area contributed by atoms with Gasteiger partial charge in [0.25, 0.3) is 11.5 Å². The third kappa shape index (κ3) is 4.22. The molecule has 0 bridgehead atoms. The standard InChI is InChI=1S/C24H24N4O3S2/c1-15-18(21(27-9-11-31-12-10-27)26(3)22(29)19(15)14-25)13-20-23(30)28(24(32)33-20)16(2)17-7-5-4-6-8-17/h4-8,13,16H,9-12H2,1-3H3. The predicted molar refractivity (Wildman–Crippen MR) is 134 cm³/mol. The fourth-order valence-corrected chi connectivity index (χ4v) is 5.60. The molecule has 3 heterocycles. The Morgan fingerprint density at radius 1 is 1.21 bits per heavy atom. The van der Waals surface area contributed by atoms with Gasteiger partial charge in [-0.2, -0.15) is 5.26 Å². The smallest absolute Gasteiger partial charge is 0.270 e. The van der Waals surface area contributed by atoms with Crippen LogP contribution in [0.5, 0.6) is 0 Å². The molecule has 0 spiro atoms. The van der Waals surface area contributed by atoms with Crippen molar-refractivity contribution in [3.05, 3.63) is 67.8 Å². The van der Waals surface area contributed by atoms with Crippen molar-refractivity contribution in [2.75, 3.05) is 31.2 Å². The summed E-state index contributed by atoms with van der Waals surface area (Å²) in [7, 11) is 1.66. The predicted octanol–water partition coefficient (Wildman–Crippen LogP) is 3.36. The quantitative estimate of drug-likeness (QED) is 0.490. The summed E-state index contributed by atoms with van der Waals surface area (Å²) in [4.78, 5) is 30.4. The minimum absolute atomic E-state index is 0.0777. The van der Waals surface area contributed by atoms with Crippen LogP contribution >= 0.6 is 24.0 Å². The number of aromatic nitrogens is 1. The van der Waals surface area contributed by atoms with Crippen molar-refractivity contribution in [2.45, 2.75) is 19.9 Å². The third-order valence-corrected chi connectivity index (χ3v) is 7.38. The fraction of sp³-hybridized carbons (Fsp3) is 0.333. The Kier molecular flexibility index (Phi) is 6.70. The van der Waals surface area contributed by atoms with E-state index in [4.69, 9.17) is 17.0 Å². The van der Waals surface area contributed by atoms with E-state index in [9.17, 15) is 14.9 Å². The number of thiocarbonyl (C=S) groups is 1. The zero-order valence-corrected chi connectivity index (χ0v) is 20.3. The van der Waals surface area contributed by atoms with Gasteiger partial charge in [0.2, 0.25) is 0 Å². The molecule has 1 atom stereocenters. The number of hydrogen-bond acceptors (Lipinski definition) is 7. The van der Waals surface area contributed by atoms with Crippen molar-refractivity contribution in [2.24, 2.45) is 7.05 Å². The van der Waals surface area contributed by atoms with Gasteiger partial charge in [-0.1, -0.05) is 54.3 Å². The summed E-state index contributed by atoms with van der Waals surface area (Å²) >= 11 is 6.81. The summed E-state index contributed by atoms with van der Waals surface area (Å²) in [5.74, 6) is 0.502. The molecule has 0 radical (unpaired) electrons. The van der Waals surface area contributed by atoms with Crippen molar-refractivity contribution >= 4 is 46.1 Å². The highest BCUT2D eigenvalue weighted by Crippen LogP contribution is 2.39. The van der Waals surface area contributed by atoms with Crippen LogP contribution < -0.4 is 10.5 Å². The van der Waals surface area contributed by atoms with Gasteiger partial charge >= 0.3 is 0 Å². The molecule has 1 aromatic heterocycles. The number of nitrogens with zero attached hydrogens (tertiary/aromatic N) is 4. The number of thioether (sulfide) groups is 1. The maximum atomic E-state index is 13.4. The summed E-state index contributed by atoms with van der Waals surface area (Å²) in [5.41, 5.74) is 1.97. The van der Waals surface area contributed by atoms with Crippen LogP contribution in [-0.2, 0) is 16.6 Å². The lowest BCUT2D eigenvalue weighted by Gasteiger charge is -2.32. The first kappa shape index (κ1) is 23.2. The lowest BCUT2D eigenvalue weighted by molar-refractivity contribution is -0.123. The van der Waals surface area contributed by atoms with E-state index >= 15 is 0 Å². The summed E-state index contributed by atoms with van der Waals surface area (Å²) in [5, 5.41) is 9.63. The molecule has 1 amide bonds. The molecule has 1 unspecified atom stereocenters. The lowest BCUT2D eigenvalue weighted by atomic mass is 10.0. The lowest BCUT2D eigenvalue weighted by Crippen LogP contribution is -2.40. The number of pyridine rings is 1. The summed E-state index contributed by atoms with van der Waals surface area (Å²) < 4.78 is 7.46. The second kappa shape index (κ2) is 9.51. The van der Waals surface area contributed by atoms with Crippen LogP contribution in [0.4, 0.5) is 5.82 Å². The Morgan fingerprint density at radius 3 is 2.52 bits per heavy atom. The molecule has 0 aliphatic carbocycles. The normalized spacial score (nSPS) is 18.7. The molecule has 33 heavy (non-hydrogen) atoms. The topological polar surface area (TPSA) is 78.6 Å². The van der Waals surface area contributed by atoms with Gasteiger partial charge < -0.3 is 9.64 Å². The first-order valence-corrected chi connectivity index (χ1v) is 11.9. The van der Waals surface area contributed by atoms with E-state index in [1.54, 1.807) is 24.9 Å². The highest BCUT2D eigenvalue weighted by Gasteiger charge is 2.36. The highest BCUT2D eigenvalue weighted by molar-refractivity contribution is 8.26. The van der Waals surface area contributed by atoms with Crippen LogP contribution in [-0.4, -0.2) is 46.0 Å². The van der Waals surface area contributed by atoms with Crippen LogP contribution in [0, 0.1) is 18.3 Å². The fourth-order valence-electron chi connectivity index (χ4n) is 4.19. The monoisotopic (exact) mass is 480 g/mol. The van der Waals surface area contributed by atoms with Gasteiger partial charge in [-0.05, 0) is 31.1 Å². The van der Waals surface area contributed by atoms with E-state index < -0.39 is 0 Å². The number of morpholine rings is 1. The molecule has 9 heteroatoms. The van der Waals surface area contributed by atoms with Crippen molar-refractivity contribution in [1.82, 2.24) is 9.47 Å². The minimum Gasteiger partial charge on any atom is -0.378 e. The Balaban J connectivity index is 1.81. The van der Waals surface area contributed by atoms with Crippen LogP contribution in [0.25, 0.3) is 6.08 Å². The summed E-state index contributed by atoms with van der Waals surface area (Å²) in [6, 6.07) is 11.6. The molecular formula is C24H24N4O3S2. The number of nitriles is 1. The maximum Gasteiger partial charge on any atom is 0.270 e. The average molecular weight is 481 g/mol. The number of amides is 1. The second-order valence-corrected chi connectivity index (χ2v) is 9.63. The van der Waals surface area contributed by atoms with Gasteiger partial charge in [0.15, 0.2) is 0 Å². The molecular weight excluding hydrogens is 456 g/mol. The van der Waals surface area contributed by atoms with Gasteiger partial charge in [0.05, 0.1) is 24.2 Å². The summed E-state index contributed by atoms with van der Waals surface area (Å²) in [6.07, 6.45) is 1.78. The zero-order chi connectivity index (χ0) is 23.7.